The Bertz CT molecular complexity index is 401. The van der Waals surface area contributed by atoms with Crippen LogP contribution in [0, 0.1) is 0 Å². The summed E-state index contributed by atoms with van der Waals surface area (Å²) in [5.41, 5.74) is -0.728. The highest BCUT2D eigenvalue weighted by Crippen LogP contribution is 2.17. The second-order valence-corrected chi connectivity index (χ2v) is 8.97. The third-order valence-electron chi connectivity index (χ3n) is 5.72. The quantitative estimate of drug-likeness (QED) is 0.157. The number of ether oxygens (including phenoxy) is 1. The predicted molar refractivity (Wildman–Crippen MR) is 125 cm³/mol. The van der Waals surface area contributed by atoms with Crippen LogP contribution in [0.5, 0.6) is 0 Å². The van der Waals surface area contributed by atoms with E-state index in [9.17, 15) is 9.90 Å². The van der Waals surface area contributed by atoms with Gasteiger partial charge in [0.25, 0.3) is 0 Å². The molecular formula is C26H50O3. The van der Waals surface area contributed by atoms with E-state index in [1.54, 1.807) is 0 Å². The highest BCUT2D eigenvalue weighted by atomic mass is 16.5. The summed E-state index contributed by atoms with van der Waals surface area (Å²) in [5, 5.41) is 9.58. The number of hydrogen-bond acceptors (Lipinski definition) is 3. The SMILES string of the molecule is CCCCCCCC/C=C\CCCCCCCC(=O)C(C)(C)OCCC(O)CC. The van der Waals surface area contributed by atoms with Gasteiger partial charge in [-0.1, -0.05) is 77.4 Å². The Balaban J connectivity index is 3.52. The number of carbonyl (C=O) groups excluding carboxylic acids is 1. The van der Waals surface area contributed by atoms with Gasteiger partial charge in [-0.15, -0.1) is 0 Å². The zero-order chi connectivity index (χ0) is 21.8. The van der Waals surface area contributed by atoms with Crippen LogP contribution in [0.15, 0.2) is 12.2 Å². The molecule has 0 aliphatic heterocycles. The fourth-order valence-corrected chi connectivity index (χ4v) is 3.39. The van der Waals surface area contributed by atoms with Gasteiger partial charge in [0.2, 0.25) is 0 Å². The van der Waals surface area contributed by atoms with Crippen molar-refractivity contribution in [1.29, 1.82) is 0 Å². The normalized spacial score (nSPS) is 13.3. The molecule has 0 spiro atoms. The van der Waals surface area contributed by atoms with E-state index in [0.29, 0.717) is 19.4 Å². The molecule has 3 nitrogen and oxygen atoms in total. The Morgan fingerprint density at radius 2 is 1.38 bits per heavy atom. The van der Waals surface area contributed by atoms with E-state index in [4.69, 9.17) is 4.74 Å². The Morgan fingerprint density at radius 1 is 0.862 bits per heavy atom. The van der Waals surface area contributed by atoms with E-state index in [1.807, 2.05) is 20.8 Å². The van der Waals surface area contributed by atoms with E-state index < -0.39 is 5.60 Å². The van der Waals surface area contributed by atoms with Gasteiger partial charge in [-0.2, -0.15) is 0 Å². The van der Waals surface area contributed by atoms with Gasteiger partial charge in [-0.3, -0.25) is 4.79 Å². The van der Waals surface area contributed by atoms with Gasteiger partial charge in [0.1, 0.15) is 5.60 Å². The molecule has 0 radical (unpaired) electrons. The standard InChI is InChI=1S/C26H50O3/c1-5-7-8-9-10-11-12-13-14-15-16-17-18-19-20-21-25(28)26(3,4)29-23-22-24(27)6-2/h13-14,24,27H,5-12,15-23H2,1-4H3/b14-13-. The summed E-state index contributed by atoms with van der Waals surface area (Å²) in [6, 6.07) is 0. The molecule has 1 N–H and O–H groups in total. The summed E-state index contributed by atoms with van der Waals surface area (Å²) in [6.45, 7) is 8.37. The lowest BCUT2D eigenvalue weighted by Crippen LogP contribution is -2.35. The van der Waals surface area contributed by atoms with E-state index in [-0.39, 0.29) is 11.9 Å². The van der Waals surface area contributed by atoms with Crippen LogP contribution in [0.3, 0.4) is 0 Å². The van der Waals surface area contributed by atoms with Crippen LogP contribution in [-0.2, 0) is 9.53 Å². The van der Waals surface area contributed by atoms with Crippen molar-refractivity contribution in [1.82, 2.24) is 0 Å². The van der Waals surface area contributed by atoms with Crippen molar-refractivity contribution in [3.63, 3.8) is 0 Å². The van der Waals surface area contributed by atoms with Crippen LogP contribution in [0.4, 0.5) is 0 Å². The van der Waals surface area contributed by atoms with E-state index in [2.05, 4.69) is 19.1 Å². The summed E-state index contributed by atoms with van der Waals surface area (Å²) in [5.74, 6) is 0.182. The molecule has 0 aromatic rings. The third-order valence-corrected chi connectivity index (χ3v) is 5.72. The number of ketones is 1. The first-order chi connectivity index (χ1) is 13.9. The van der Waals surface area contributed by atoms with Gasteiger partial charge in [0, 0.05) is 6.42 Å². The summed E-state index contributed by atoms with van der Waals surface area (Å²) in [6.07, 6.45) is 22.8. The summed E-state index contributed by atoms with van der Waals surface area (Å²) < 4.78 is 5.72. The highest BCUT2D eigenvalue weighted by molar-refractivity contribution is 5.86. The molecule has 0 saturated carbocycles. The molecule has 0 amide bonds. The Morgan fingerprint density at radius 3 is 1.93 bits per heavy atom. The molecule has 0 bridgehead atoms. The maximum atomic E-state index is 12.3. The van der Waals surface area contributed by atoms with E-state index >= 15 is 0 Å². The number of aliphatic hydroxyl groups is 1. The Kier molecular flexibility index (Phi) is 18.9. The molecule has 29 heavy (non-hydrogen) atoms. The van der Waals surface area contributed by atoms with Crippen LogP contribution in [0.25, 0.3) is 0 Å². The molecule has 172 valence electrons. The summed E-state index contributed by atoms with van der Waals surface area (Å²) in [7, 11) is 0. The first kappa shape index (κ1) is 28.3. The minimum absolute atomic E-state index is 0.182. The smallest absolute Gasteiger partial charge is 0.164 e. The average molecular weight is 411 g/mol. The minimum Gasteiger partial charge on any atom is -0.393 e. The molecule has 0 aliphatic carbocycles. The van der Waals surface area contributed by atoms with Crippen LogP contribution in [0.1, 0.15) is 130 Å². The fraction of sp³-hybridized carbons (Fsp3) is 0.885. The van der Waals surface area contributed by atoms with Gasteiger partial charge >= 0.3 is 0 Å². The topological polar surface area (TPSA) is 46.5 Å². The molecule has 0 aromatic carbocycles. The number of Topliss-reactive ketones (excluding diaryl/α,β-unsaturated/α-hetero) is 1. The zero-order valence-electron chi connectivity index (χ0n) is 20.0. The number of rotatable bonds is 21. The second-order valence-electron chi connectivity index (χ2n) is 8.97. The molecule has 1 unspecified atom stereocenters. The predicted octanol–water partition coefficient (Wildman–Crippen LogP) is 7.55. The lowest BCUT2D eigenvalue weighted by Gasteiger charge is -2.24. The Labute approximate surface area is 181 Å². The molecule has 0 aromatic heterocycles. The van der Waals surface area contributed by atoms with Crippen molar-refractivity contribution in [3.05, 3.63) is 12.2 Å². The third kappa shape index (κ3) is 17.9. The van der Waals surface area contributed by atoms with Crippen molar-refractivity contribution in [2.45, 2.75) is 142 Å². The largest absolute Gasteiger partial charge is 0.393 e. The highest BCUT2D eigenvalue weighted by Gasteiger charge is 2.27. The van der Waals surface area contributed by atoms with Gasteiger partial charge < -0.3 is 9.84 Å². The molecule has 0 rings (SSSR count). The lowest BCUT2D eigenvalue weighted by molar-refractivity contribution is -0.141. The van der Waals surface area contributed by atoms with E-state index in [0.717, 1.165) is 19.3 Å². The van der Waals surface area contributed by atoms with Crippen LogP contribution < -0.4 is 0 Å². The molecule has 0 aliphatic rings. The average Bonchev–Trinajstić information content (AvgIpc) is 2.70. The maximum absolute atomic E-state index is 12.3. The van der Waals surface area contributed by atoms with Crippen LogP contribution in [0.2, 0.25) is 0 Å². The van der Waals surface area contributed by atoms with Gasteiger partial charge in [-0.25, -0.2) is 0 Å². The van der Waals surface area contributed by atoms with Crippen molar-refractivity contribution < 1.29 is 14.6 Å². The Hall–Kier alpha value is -0.670. The van der Waals surface area contributed by atoms with Crippen LogP contribution >= 0.6 is 0 Å². The van der Waals surface area contributed by atoms with Crippen molar-refractivity contribution in [3.8, 4) is 0 Å². The van der Waals surface area contributed by atoms with Gasteiger partial charge in [-0.05, 0) is 58.8 Å². The van der Waals surface area contributed by atoms with Crippen molar-refractivity contribution in [2.24, 2.45) is 0 Å². The maximum Gasteiger partial charge on any atom is 0.164 e. The fourth-order valence-electron chi connectivity index (χ4n) is 3.39. The number of allylic oxidation sites excluding steroid dienone is 2. The monoisotopic (exact) mass is 410 g/mol. The molecule has 1 atom stereocenters. The molecule has 3 heteroatoms. The number of hydrogen-bond donors (Lipinski definition) is 1. The minimum atomic E-state index is -0.728. The first-order valence-corrected chi connectivity index (χ1v) is 12.4. The first-order valence-electron chi connectivity index (χ1n) is 12.4. The van der Waals surface area contributed by atoms with Crippen LogP contribution in [-0.4, -0.2) is 29.2 Å². The van der Waals surface area contributed by atoms with Gasteiger partial charge in [0.05, 0.1) is 12.7 Å². The summed E-state index contributed by atoms with van der Waals surface area (Å²) in [4.78, 5) is 12.3. The number of unbranched alkanes of at least 4 members (excludes halogenated alkanes) is 11. The molecule has 0 saturated heterocycles. The number of carbonyl (C=O) groups is 1. The summed E-state index contributed by atoms with van der Waals surface area (Å²) >= 11 is 0. The molecule has 0 fully saturated rings. The molecular weight excluding hydrogens is 360 g/mol. The van der Waals surface area contributed by atoms with E-state index in [1.165, 1.54) is 70.6 Å². The number of aliphatic hydroxyl groups excluding tert-OH is 1. The van der Waals surface area contributed by atoms with Crippen molar-refractivity contribution >= 4 is 5.78 Å². The zero-order valence-corrected chi connectivity index (χ0v) is 20.0. The van der Waals surface area contributed by atoms with Crippen molar-refractivity contribution in [2.75, 3.05) is 6.61 Å². The molecule has 0 heterocycles. The lowest BCUT2D eigenvalue weighted by atomic mass is 9.97. The van der Waals surface area contributed by atoms with Gasteiger partial charge in [0.15, 0.2) is 5.78 Å². The second kappa shape index (κ2) is 19.3.